The van der Waals surface area contributed by atoms with E-state index in [-0.39, 0.29) is 5.91 Å². The van der Waals surface area contributed by atoms with Gasteiger partial charge in [-0.15, -0.1) is 22.7 Å². The Morgan fingerprint density at radius 1 is 1.07 bits per heavy atom. The van der Waals surface area contributed by atoms with Crippen molar-refractivity contribution in [1.29, 1.82) is 0 Å². The summed E-state index contributed by atoms with van der Waals surface area (Å²) in [6.45, 7) is 1.07. The zero-order valence-electron chi connectivity index (χ0n) is 14.9. The summed E-state index contributed by atoms with van der Waals surface area (Å²) >= 11 is 3.15. The molecule has 0 fully saturated rings. The van der Waals surface area contributed by atoms with Crippen molar-refractivity contribution in [2.45, 2.75) is 13.0 Å². The summed E-state index contributed by atoms with van der Waals surface area (Å²) in [4.78, 5) is 28.9. The predicted octanol–water partition coefficient (Wildman–Crippen LogP) is 4.05. The van der Waals surface area contributed by atoms with Gasteiger partial charge < -0.3 is 4.90 Å². The second-order valence-corrected chi connectivity index (χ2v) is 8.38. The molecule has 0 saturated carbocycles. The number of hydrogen-bond donors (Lipinski definition) is 2. The highest BCUT2D eigenvalue weighted by Gasteiger charge is 2.25. The molecule has 0 saturated heterocycles. The van der Waals surface area contributed by atoms with Gasteiger partial charge in [0.2, 0.25) is 0 Å². The minimum Gasteiger partial charge on any atom is -0.334 e. The lowest BCUT2D eigenvalue weighted by molar-refractivity contribution is -0.125. The predicted molar refractivity (Wildman–Crippen MR) is 111 cm³/mol. The second-order valence-electron chi connectivity index (χ2n) is 6.45. The summed E-state index contributed by atoms with van der Waals surface area (Å²) in [6.07, 6.45) is 2.68. The highest BCUT2D eigenvalue weighted by molar-refractivity contribution is 7.12. The molecular weight excluding hydrogens is 392 g/mol. The van der Waals surface area contributed by atoms with E-state index in [1.807, 2.05) is 52.1 Å². The summed E-state index contributed by atoms with van der Waals surface area (Å²) in [7, 11) is 0. The maximum absolute atomic E-state index is 13.4. The maximum Gasteiger partial charge on any atom is 0.274 e. The van der Waals surface area contributed by atoms with Crippen molar-refractivity contribution in [3.05, 3.63) is 79.7 Å². The van der Waals surface area contributed by atoms with Gasteiger partial charge in [0, 0.05) is 28.4 Å². The van der Waals surface area contributed by atoms with Gasteiger partial charge in [-0.05, 0) is 58.6 Å². The second kappa shape index (κ2) is 8.10. The van der Waals surface area contributed by atoms with Crippen LogP contribution in [-0.2, 0) is 17.8 Å². The Morgan fingerprint density at radius 3 is 2.61 bits per heavy atom. The lowest BCUT2D eigenvalue weighted by Crippen LogP contribution is -2.36. The van der Waals surface area contributed by atoms with Gasteiger partial charge in [-0.2, -0.15) is 0 Å². The van der Waals surface area contributed by atoms with E-state index in [4.69, 9.17) is 5.21 Å². The van der Waals surface area contributed by atoms with Gasteiger partial charge in [0.25, 0.3) is 11.8 Å². The Bertz CT molecular complexity index is 1020. The van der Waals surface area contributed by atoms with Gasteiger partial charge >= 0.3 is 0 Å². The Kier molecular flexibility index (Phi) is 5.38. The number of carbonyl (C=O) groups is 2. The minimum atomic E-state index is -0.553. The van der Waals surface area contributed by atoms with Crippen LogP contribution in [0.3, 0.4) is 0 Å². The van der Waals surface area contributed by atoms with Crippen molar-refractivity contribution in [3.63, 3.8) is 0 Å². The van der Waals surface area contributed by atoms with Gasteiger partial charge in [-0.1, -0.05) is 18.2 Å². The molecule has 0 unspecified atom stereocenters. The van der Waals surface area contributed by atoms with Crippen LogP contribution in [-0.4, -0.2) is 28.5 Å². The van der Waals surface area contributed by atoms with Gasteiger partial charge in [-0.25, -0.2) is 5.48 Å². The first-order valence-corrected chi connectivity index (χ1v) is 10.6. The van der Waals surface area contributed by atoms with Crippen LogP contribution in [0.5, 0.6) is 0 Å². The zero-order chi connectivity index (χ0) is 19.5. The number of carbonyl (C=O) groups excluding carboxylic acids is 2. The number of fused-ring (bicyclic) bond motifs is 1. The Hall–Kier alpha value is -2.74. The number of nitrogens with one attached hydrogen (secondary N) is 1. The van der Waals surface area contributed by atoms with Gasteiger partial charge in [-0.3, -0.25) is 14.8 Å². The highest BCUT2D eigenvalue weighted by atomic mass is 32.1. The van der Waals surface area contributed by atoms with Gasteiger partial charge in [0.05, 0.1) is 5.57 Å². The number of hydroxylamine groups is 1. The summed E-state index contributed by atoms with van der Waals surface area (Å²) in [5, 5.41) is 12.8. The third-order valence-corrected chi connectivity index (χ3v) is 6.44. The van der Waals surface area contributed by atoms with Crippen LogP contribution >= 0.6 is 22.7 Å². The summed E-state index contributed by atoms with van der Waals surface area (Å²) < 4.78 is 0. The molecule has 2 amide bonds. The van der Waals surface area contributed by atoms with E-state index in [1.54, 1.807) is 40.3 Å². The fourth-order valence-corrected chi connectivity index (χ4v) is 4.68. The van der Waals surface area contributed by atoms with E-state index in [1.165, 1.54) is 0 Å². The molecule has 1 aromatic carbocycles. The molecule has 0 aliphatic carbocycles. The molecule has 28 heavy (non-hydrogen) atoms. The average molecular weight is 411 g/mol. The monoisotopic (exact) mass is 410 g/mol. The number of nitrogens with zero attached hydrogens (tertiary/aromatic N) is 1. The van der Waals surface area contributed by atoms with Crippen LogP contribution in [0.25, 0.3) is 11.6 Å². The van der Waals surface area contributed by atoms with Crippen molar-refractivity contribution in [1.82, 2.24) is 10.4 Å². The molecule has 0 atom stereocenters. The van der Waals surface area contributed by atoms with Crippen LogP contribution in [0.15, 0.2) is 53.2 Å². The first-order valence-electron chi connectivity index (χ1n) is 8.80. The molecule has 0 spiro atoms. The largest absolute Gasteiger partial charge is 0.334 e. The van der Waals surface area contributed by atoms with Gasteiger partial charge in [0.15, 0.2) is 0 Å². The van der Waals surface area contributed by atoms with Gasteiger partial charge in [0.1, 0.15) is 0 Å². The maximum atomic E-state index is 13.4. The fraction of sp³-hybridized carbons (Fsp3) is 0.143. The Balaban J connectivity index is 1.63. The SMILES string of the molecule is O=C(NO)c1ccc2c(c1)CN(C(=O)/C(=C\c1cccs1)c1cccs1)CC2. The third kappa shape index (κ3) is 3.77. The van der Waals surface area contributed by atoms with Crippen LogP contribution < -0.4 is 5.48 Å². The minimum absolute atomic E-state index is 0.0153. The molecular formula is C21H18N2O3S2. The van der Waals surface area contributed by atoms with Crippen LogP contribution in [0.1, 0.15) is 31.2 Å². The van der Waals surface area contributed by atoms with Crippen molar-refractivity contribution in [3.8, 4) is 0 Å². The molecule has 3 aromatic rings. The van der Waals surface area contributed by atoms with E-state index < -0.39 is 5.91 Å². The quantitative estimate of drug-likeness (QED) is 0.387. The lowest BCUT2D eigenvalue weighted by atomic mass is 9.96. The standard InChI is InChI=1S/C21H18N2O3S2/c24-20(22-26)15-6-5-14-7-8-23(13-16(14)11-15)21(25)18(19-4-2-10-28-19)12-17-3-1-9-27-17/h1-6,9-12,26H,7-8,13H2,(H,22,24)/b18-12-. The number of thiophene rings is 2. The van der Waals surface area contributed by atoms with Crippen molar-refractivity contribution in [2.24, 2.45) is 0 Å². The topological polar surface area (TPSA) is 69.6 Å². The summed E-state index contributed by atoms with van der Waals surface area (Å²) in [5.41, 5.74) is 4.78. The molecule has 1 aliphatic heterocycles. The number of amides is 2. The molecule has 1 aliphatic rings. The van der Waals surface area contributed by atoms with E-state index >= 15 is 0 Å². The normalized spacial score (nSPS) is 13.9. The van der Waals surface area contributed by atoms with Crippen LogP contribution in [0.4, 0.5) is 0 Å². The van der Waals surface area contributed by atoms with Crippen LogP contribution in [0.2, 0.25) is 0 Å². The van der Waals surface area contributed by atoms with Crippen molar-refractivity contribution >= 4 is 46.1 Å². The van der Waals surface area contributed by atoms with E-state index in [0.29, 0.717) is 24.2 Å². The molecule has 7 heteroatoms. The molecule has 0 radical (unpaired) electrons. The van der Waals surface area contributed by atoms with Crippen molar-refractivity contribution < 1.29 is 14.8 Å². The molecule has 142 valence electrons. The fourth-order valence-electron chi connectivity index (χ4n) is 3.29. The van der Waals surface area contributed by atoms with Crippen LogP contribution in [0, 0.1) is 0 Å². The van der Waals surface area contributed by atoms with Crippen molar-refractivity contribution in [2.75, 3.05) is 6.54 Å². The molecule has 0 bridgehead atoms. The zero-order valence-corrected chi connectivity index (χ0v) is 16.6. The number of benzene rings is 1. The average Bonchev–Trinajstić information content (AvgIpc) is 3.44. The highest BCUT2D eigenvalue weighted by Crippen LogP contribution is 2.29. The summed E-state index contributed by atoms with van der Waals surface area (Å²) in [6, 6.07) is 13.2. The van der Waals surface area contributed by atoms with E-state index in [0.717, 1.165) is 27.3 Å². The molecule has 4 rings (SSSR count). The number of rotatable bonds is 4. The third-order valence-electron chi connectivity index (χ3n) is 4.72. The molecule has 2 aromatic heterocycles. The Morgan fingerprint density at radius 2 is 1.89 bits per heavy atom. The molecule has 2 N–H and O–H groups in total. The number of hydrogen-bond acceptors (Lipinski definition) is 5. The first kappa shape index (κ1) is 18.6. The summed E-state index contributed by atoms with van der Waals surface area (Å²) in [5.74, 6) is -0.568. The smallest absolute Gasteiger partial charge is 0.274 e. The Labute approximate surface area is 170 Å². The lowest BCUT2D eigenvalue weighted by Gasteiger charge is -2.30. The molecule has 3 heterocycles. The first-order chi connectivity index (χ1) is 13.7. The van der Waals surface area contributed by atoms with E-state index in [2.05, 4.69) is 0 Å². The molecule has 5 nitrogen and oxygen atoms in total. The van der Waals surface area contributed by atoms with E-state index in [9.17, 15) is 9.59 Å².